The second-order valence-corrected chi connectivity index (χ2v) is 5.42. The monoisotopic (exact) mass is 276 g/mol. The number of hydrogen-bond acceptors (Lipinski definition) is 5. The summed E-state index contributed by atoms with van der Waals surface area (Å²) in [5.41, 5.74) is 0. The van der Waals surface area contributed by atoms with Crippen LogP contribution >= 0.6 is 0 Å². The van der Waals surface area contributed by atoms with Crippen LogP contribution in [0.5, 0.6) is 0 Å². The van der Waals surface area contributed by atoms with Gasteiger partial charge in [0.15, 0.2) is 0 Å². The van der Waals surface area contributed by atoms with E-state index >= 15 is 0 Å². The Balaban J connectivity index is 2.28. The van der Waals surface area contributed by atoms with Crippen molar-refractivity contribution in [2.45, 2.75) is 82.4 Å². The minimum absolute atomic E-state index is 0.349. The van der Waals surface area contributed by atoms with E-state index < -0.39 is 30.5 Å². The van der Waals surface area contributed by atoms with E-state index in [9.17, 15) is 15.3 Å². The molecule has 1 saturated heterocycles. The number of unbranched alkanes of at least 4 members (excludes halogenated alkanes) is 5. The van der Waals surface area contributed by atoms with Gasteiger partial charge in [-0.2, -0.15) is 0 Å². The van der Waals surface area contributed by atoms with Gasteiger partial charge in [0.2, 0.25) is 0 Å². The molecule has 0 bridgehead atoms. The molecule has 1 rings (SSSR count). The first-order valence-electron chi connectivity index (χ1n) is 7.42. The molecular weight excluding hydrogens is 248 g/mol. The molecule has 0 amide bonds. The highest BCUT2D eigenvalue weighted by atomic mass is 16.5. The summed E-state index contributed by atoms with van der Waals surface area (Å²) in [7, 11) is 0. The molecule has 19 heavy (non-hydrogen) atoms. The van der Waals surface area contributed by atoms with E-state index in [2.05, 4.69) is 6.92 Å². The second-order valence-electron chi connectivity index (χ2n) is 5.42. The fourth-order valence-corrected chi connectivity index (χ4v) is 2.54. The average molecular weight is 276 g/mol. The third kappa shape index (κ3) is 5.00. The van der Waals surface area contributed by atoms with Gasteiger partial charge in [0.1, 0.15) is 24.4 Å². The van der Waals surface area contributed by atoms with Crippen LogP contribution in [0.25, 0.3) is 0 Å². The fourth-order valence-electron chi connectivity index (χ4n) is 2.54. The summed E-state index contributed by atoms with van der Waals surface area (Å²) >= 11 is 0. The van der Waals surface area contributed by atoms with Gasteiger partial charge in [0, 0.05) is 0 Å². The van der Waals surface area contributed by atoms with E-state index in [-0.39, 0.29) is 6.61 Å². The van der Waals surface area contributed by atoms with Crippen LogP contribution in [0, 0.1) is 0 Å². The zero-order valence-corrected chi connectivity index (χ0v) is 11.7. The van der Waals surface area contributed by atoms with Crippen LogP contribution in [-0.2, 0) is 4.74 Å². The highest BCUT2D eigenvalue weighted by molar-refractivity contribution is 4.91. The van der Waals surface area contributed by atoms with Gasteiger partial charge in [-0.25, -0.2) is 0 Å². The zero-order chi connectivity index (χ0) is 14.3. The molecular formula is C14H28O5. The highest BCUT2D eigenvalue weighted by Crippen LogP contribution is 2.24. The molecule has 0 aromatic rings. The number of aliphatic hydroxyl groups is 4. The number of ether oxygens (including phenoxy) is 1. The quantitative estimate of drug-likeness (QED) is 0.487. The Bertz CT molecular complexity index is 234. The first-order chi connectivity index (χ1) is 9.11. The molecule has 1 fully saturated rings. The molecule has 5 nitrogen and oxygen atoms in total. The van der Waals surface area contributed by atoms with E-state index in [1.165, 1.54) is 25.7 Å². The van der Waals surface area contributed by atoms with Gasteiger partial charge in [0.05, 0.1) is 12.7 Å². The molecule has 1 heterocycles. The smallest absolute Gasteiger partial charge is 0.111 e. The van der Waals surface area contributed by atoms with Crippen molar-refractivity contribution >= 4 is 0 Å². The molecule has 1 aliphatic heterocycles. The van der Waals surface area contributed by atoms with Crippen molar-refractivity contribution in [1.29, 1.82) is 0 Å². The lowest BCUT2D eigenvalue weighted by atomic mass is 9.92. The summed E-state index contributed by atoms with van der Waals surface area (Å²) in [4.78, 5) is 0. The van der Waals surface area contributed by atoms with Crippen molar-refractivity contribution in [3.63, 3.8) is 0 Å². The Kier molecular flexibility index (Phi) is 7.87. The Hall–Kier alpha value is -0.200. The maximum Gasteiger partial charge on any atom is 0.111 e. The lowest BCUT2D eigenvalue weighted by molar-refractivity contribution is -0.230. The Morgan fingerprint density at radius 2 is 1.37 bits per heavy atom. The summed E-state index contributed by atoms with van der Waals surface area (Å²) in [5, 5.41) is 38.2. The van der Waals surface area contributed by atoms with Crippen molar-refractivity contribution in [1.82, 2.24) is 0 Å². The third-order valence-corrected chi connectivity index (χ3v) is 3.83. The Morgan fingerprint density at radius 3 is 2.00 bits per heavy atom. The maximum atomic E-state index is 9.85. The van der Waals surface area contributed by atoms with Crippen molar-refractivity contribution < 1.29 is 25.2 Å². The molecule has 0 unspecified atom stereocenters. The molecule has 0 aromatic heterocycles. The normalized spacial score (nSPS) is 35.5. The summed E-state index contributed by atoms with van der Waals surface area (Å²) in [6.45, 7) is 1.83. The molecule has 0 saturated carbocycles. The summed E-state index contributed by atoms with van der Waals surface area (Å²) < 4.78 is 5.45. The summed E-state index contributed by atoms with van der Waals surface area (Å²) in [6, 6.07) is 0. The van der Waals surface area contributed by atoms with E-state index in [4.69, 9.17) is 9.84 Å². The minimum Gasteiger partial charge on any atom is -0.394 e. The van der Waals surface area contributed by atoms with Gasteiger partial charge >= 0.3 is 0 Å². The number of hydrogen-bond donors (Lipinski definition) is 4. The second kappa shape index (κ2) is 8.87. The van der Waals surface area contributed by atoms with Crippen LogP contribution in [0.4, 0.5) is 0 Å². The van der Waals surface area contributed by atoms with Crippen molar-refractivity contribution in [3.05, 3.63) is 0 Å². The Labute approximate surface area is 115 Å². The van der Waals surface area contributed by atoms with Crippen LogP contribution in [0.15, 0.2) is 0 Å². The average Bonchev–Trinajstić information content (AvgIpc) is 2.42. The van der Waals surface area contributed by atoms with Gasteiger partial charge in [-0.15, -0.1) is 0 Å². The molecule has 1 aliphatic rings. The van der Waals surface area contributed by atoms with E-state index in [0.717, 1.165) is 12.8 Å². The molecule has 5 atom stereocenters. The highest BCUT2D eigenvalue weighted by Gasteiger charge is 2.42. The van der Waals surface area contributed by atoms with Gasteiger partial charge in [-0.3, -0.25) is 0 Å². The molecule has 5 heteroatoms. The molecule has 114 valence electrons. The zero-order valence-electron chi connectivity index (χ0n) is 11.7. The first kappa shape index (κ1) is 16.9. The topological polar surface area (TPSA) is 90.2 Å². The summed E-state index contributed by atoms with van der Waals surface area (Å²) in [6.07, 6.45) is 2.67. The van der Waals surface area contributed by atoms with Crippen LogP contribution in [0.1, 0.15) is 51.9 Å². The van der Waals surface area contributed by atoms with Gasteiger partial charge in [-0.1, -0.05) is 45.4 Å². The standard InChI is InChI=1S/C14H28O5/c1-2-3-4-5-6-7-8-10-12(16)14(18)13(17)11(9-15)19-10/h10-18H,2-9H2,1H3/t10-,11-,12+,13-,14-/m1/s1. The van der Waals surface area contributed by atoms with Gasteiger partial charge in [-0.05, 0) is 6.42 Å². The lowest BCUT2D eigenvalue weighted by Gasteiger charge is -2.40. The predicted octanol–water partition coefficient (Wildman–Crippen LogP) is 0.579. The van der Waals surface area contributed by atoms with E-state index in [1.54, 1.807) is 0 Å². The lowest BCUT2D eigenvalue weighted by Crippen LogP contribution is -2.58. The predicted molar refractivity (Wildman–Crippen MR) is 71.8 cm³/mol. The van der Waals surface area contributed by atoms with E-state index in [1.807, 2.05) is 0 Å². The van der Waals surface area contributed by atoms with Crippen LogP contribution < -0.4 is 0 Å². The van der Waals surface area contributed by atoms with Gasteiger partial charge < -0.3 is 25.2 Å². The molecule has 4 N–H and O–H groups in total. The largest absolute Gasteiger partial charge is 0.394 e. The molecule has 0 radical (unpaired) electrons. The fraction of sp³-hybridized carbons (Fsp3) is 1.00. The van der Waals surface area contributed by atoms with Crippen molar-refractivity contribution in [2.75, 3.05) is 6.61 Å². The number of rotatable bonds is 8. The van der Waals surface area contributed by atoms with Crippen molar-refractivity contribution in [3.8, 4) is 0 Å². The third-order valence-electron chi connectivity index (χ3n) is 3.83. The maximum absolute atomic E-state index is 9.85. The van der Waals surface area contributed by atoms with Gasteiger partial charge in [0.25, 0.3) is 0 Å². The van der Waals surface area contributed by atoms with Crippen molar-refractivity contribution in [2.24, 2.45) is 0 Å². The summed E-state index contributed by atoms with van der Waals surface area (Å²) in [5.74, 6) is 0. The molecule has 0 aliphatic carbocycles. The number of aliphatic hydroxyl groups excluding tert-OH is 4. The van der Waals surface area contributed by atoms with Crippen LogP contribution in [0.2, 0.25) is 0 Å². The van der Waals surface area contributed by atoms with Crippen LogP contribution in [-0.4, -0.2) is 57.6 Å². The minimum atomic E-state index is -1.24. The van der Waals surface area contributed by atoms with E-state index in [0.29, 0.717) is 6.42 Å². The molecule has 0 aromatic carbocycles. The SMILES string of the molecule is CCCCCCCC[C@H]1O[C@H](CO)[C@@H](O)[C@H](O)[C@H]1O. The van der Waals surface area contributed by atoms with Crippen LogP contribution in [0.3, 0.4) is 0 Å². The Morgan fingerprint density at radius 1 is 0.789 bits per heavy atom. The molecule has 0 spiro atoms. The first-order valence-corrected chi connectivity index (χ1v) is 7.42.